The number of ether oxygens (including phenoxy) is 1. The van der Waals surface area contributed by atoms with Gasteiger partial charge in [-0.3, -0.25) is 4.79 Å². The van der Waals surface area contributed by atoms with E-state index in [1.165, 1.54) is 16.9 Å². The quantitative estimate of drug-likeness (QED) is 0.762. The topological polar surface area (TPSA) is 73.4 Å². The average molecular weight is 397 g/mol. The maximum absolute atomic E-state index is 14.0. The fourth-order valence-electron chi connectivity index (χ4n) is 3.22. The van der Waals surface area contributed by atoms with Crippen LogP contribution in [0.1, 0.15) is 35.3 Å². The van der Waals surface area contributed by atoms with E-state index >= 15 is 0 Å². The van der Waals surface area contributed by atoms with Gasteiger partial charge in [0.2, 0.25) is 0 Å². The Hall–Kier alpha value is -1.96. The first-order chi connectivity index (χ1) is 12.6. The standard InChI is InChI=1S/C19H25FN4O2.ClH/c1-14-16(13-22-24(14)18-6-3-2-5-17(18)20)19(25)23-10-7-15(8-11-23)26-12-4-9-21;/h2-3,5-6,13,15H,4,7-12,21H2,1H3;1H. The summed E-state index contributed by atoms with van der Waals surface area (Å²) in [7, 11) is 0. The molecule has 2 heterocycles. The molecule has 3 rings (SSSR count). The van der Waals surface area contributed by atoms with E-state index in [4.69, 9.17) is 10.5 Å². The summed E-state index contributed by atoms with van der Waals surface area (Å²) in [5, 5.41) is 4.22. The van der Waals surface area contributed by atoms with Crippen molar-refractivity contribution in [3.05, 3.63) is 47.5 Å². The molecule has 27 heavy (non-hydrogen) atoms. The molecule has 1 aromatic carbocycles. The Labute approximate surface area is 164 Å². The number of benzene rings is 1. The molecule has 0 atom stereocenters. The van der Waals surface area contributed by atoms with Gasteiger partial charge in [0.1, 0.15) is 11.5 Å². The molecular formula is C19H26ClFN4O2. The third-order valence-electron chi connectivity index (χ3n) is 4.75. The van der Waals surface area contributed by atoms with E-state index in [2.05, 4.69) is 5.10 Å². The molecule has 0 saturated carbocycles. The third-order valence-corrected chi connectivity index (χ3v) is 4.75. The first-order valence-corrected chi connectivity index (χ1v) is 9.02. The molecule has 2 N–H and O–H groups in total. The molecule has 1 saturated heterocycles. The number of nitrogens with two attached hydrogens (primary N) is 1. The van der Waals surface area contributed by atoms with Crippen LogP contribution in [-0.2, 0) is 4.74 Å². The van der Waals surface area contributed by atoms with Crippen molar-refractivity contribution < 1.29 is 13.9 Å². The van der Waals surface area contributed by atoms with Gasteiger partial charge in [0.05, 0.1) is 23.6 Å². The molecule has 1 aromatic heterocycles. The third kappa shape index (κ3) is 4.86. The monoisotopic (exact) mass is 396 g/mol. The summed E-state index contributed by atoms with van der Waals surface area (Å²) < 4.78 is 21.3. The van der Waals surface area contributed by atoms with Crippen LogP contribution in [0.4, 0.5) is 4.39 Å². The maximum atomic E-state index is 14.0. The molecule has 6 nitrogen and oxygen atoms in total. The van der Waals surface area contributed by atoms with E-state index in [0.717, 1.165) is 19.3 Å². The van der Waals surface area contributed by atoms with Gasteiger partial charge in [0.25, 0.3) is 5.91 Å². The maximum Gasteiger partial charge on any atom is 0.257 e. The van der Waals surface area contributed by atoms with E-state index in [-0.39, 0.29) is 30.2 Å². The Balaban J connectivity index is 0.00000261. The van der Waals surface area contributed by atoms with Crippen LogP contribution >= 0.6 is 12.4 Å². The highest BCUT2D eigenvalue weighted by Crippen LogP contribution is 2.21. The molecule has 0 spiro atoms. The van der Waals surface area contributed by atoms with Gasteiger partial charge in [-0.2, -0.15) is 5.10 Å². The normalized spacial score (nSPS) is 14.9. The minimum absolute atomic E-state index is 0. The van der Waals surface area contributed by atoms with Gasteiger partial charge < -0.3 is 15.4 Å². The highest BCUT2D eigenvalue weighted by Gasteiger charge is 2.26. The Kier molecular flexibility index (Phi) is 7.77. The van der Waals surface area contributed by atoms with Gasteiger partial charge in [-0.1, -0.05) is 12.1 Å². The van der Waals surface area contributed by atoms with E-state index in [1.54, 1.807) is 25.1 Å². The van der Waals surface area contributed by atoms with Crippen molar-refractivity contribution in [2.24, 2.45) is 5.73 Å². The number of amides is 1. The van der Waals surface area contributed by atoms with E-state index in [9.17, 15) is 9.18 Å². The van der Waals surface area contributed by atoms with Crippen molar-refractivity contribution in [3.63, 3.8) is 0 Å². The van der Waals surface area contributed by atoms with E-state index in [1.807, 2.05) is 4.90 Å². The number of aromatic nitrogens is 2. The first-order valence-electron chi connectivity index (χ1n) is 9.02. The molecule has 1 fully saturated rings. The molecule has 148 valence electrons. The summed E-state index contributed by atoms with van der Waals surface area (Å²) in [5.74, 6) is -0.432. The Bertz CT molecular complexity index is 760. The zero-order valence-electron chi connectivity index (χ0n) is 15.4. The van der Waals surface area contributed by atoms with Crippen molar-refractivity contribution in [2.45, 2.75) is 32.3 Å². The SMILES string of the molecule is Cc1c(C(=O)N2CCC(OCCCN)CC2)cnn1-c1ccccc1F.Cl. The number of hydrogen-bond donors (Lipinski definition) is 1. The number of halogens is 2. The van der Waals surface area contributed by atoms with Crippen LogP contribution in [0.2, 0.25) is 0 Å². The lowest BCUT2D eigenvalue weighted by atomic mass is 10.1. The fraction of sp³-hybridized carbons (Fsp3) is 0.474. The fourth-order valence-corrected chi connectivity index (χ4v) is 3.22. The zero-order valence-corrected chi connectivity index (χ0v) is 16.3. The molecule has 0 unspecified atom stereocenters. The van der Waals surface area contributed by atoms with Gasteiger partial charge in [0.15, 0.2) is 0 Å². The number of likely N-dealkylation sites (tertiary alicyclic amines) is 1. The highest BCUT2D eigenvalue weighted by atomic mass is 35.5. The summed E-state index contributed by atoms with van der Waals surface area (Å²) in [6, 6.07) is 6.40. The molecule has 8 heteroatoms. The van der Waals surface area contributed by atoms with Crippen molar-refractivity contribution in [2.75, 3.05) is 26.2 Å². The largest absolute Gasteiger partial charge is 0.378 e. The van der Waals surface area contributed by atoms with Crippen LogP contribution in [0.15, 0.2) is 30.5 Å². The second-order valence-electron chi connectivity index (χ2n) is 6.51. The van der Waals surface area contributed by atoms with Crippen molar-refractivity contribution in [1.82, 2.24) is 14.7 Å². The van der Waals surface area contributed by atoms with Crippen molar-refractivity contribution in [1.29, 1.82) is 0 Å². The summed E-state index contributed by atoms with van der Waals surface area (Å²) in [4.78, 5) is 14.7. The molecule has 1 aliphatic rings. The number of rotatable bonds is 6. The average Bonchev–Trinajstić information content (AvgIpc) is 3.03. The van der Waals surface area contributed by atoms with Crippen LogP contribution in [0.25, 0.3) is 5.69 Å². The second-order valence-corrected chi connectivity index (χ2v) is 6.51. The van der Waals surface area contributed by atoms with Gasteiger partial charge in [-0.25, -0.2) is 9.07 Å². The van der Waals surface area contributed by atoms with Gasteiger partial charge >= 0.3 is 0 Å². The molecule has 0 bridgehead atoms. The van der Waals surface area contributed by atoms with Gasteiger partial charge in [0, 0.05) is 19.7 Å². The lowest BCUT2D eigenvalue weighted by molar-refractivity contribution is 0.00843. The van der Waals surface area contributed by atoms with Crippen LogP contribution < -0.4 is 5.73 Å². The van der Waals surface area contributed by atoms with E-state index < -0.39 is 0 Å². The molecule has 0 aliphatic carbocycles. The zero-order chi connectivity index (χ0) is 18.5. The number of para-hydroxylation sites is 1. The molecule has 2 aromatic rings. The number of carbonyl (C=O) groups is 1. The molecular weight excluding hydrogens is 371 g/mol. The van der Waals surface area contributed by atoms with Gasteiger partial charge in [-0.05, 0) is 44.9 Å². The van der Waals surface area contributed by atoms with Crippen LogP contribution in [0.3, 0.4) is 0 Å². The minimum Gasteiger partial charge on any atom is -0.378 e. The second kappa shape index (κ2) is 9.82. The highest BCUT2D eigenvalue weighted by molar-refractivity contribution is 5.95. The number of hydrogen-bond acceptors (Lipinski definition) is 4. The van der Waals surface area contributed by atoms with Gasteiger partial charge in [-0.15, -0.1) is 12.4 Å². The summed E-state index contributed by atoms with van der Waals surface area (Å²) in [5.41, 5.74) is 6.97. The lowest BCUT2D eigenvalue weighted by Gasteiger charge is -2.32. The predicted octanol–water partition coefficient (Wildman–Crippen LogP) is 2.71. The van der Waals surface area contributed by atoms with Crippen LogP contribution in [0, 0.1) is 12.7 Å². The Morgan fingerprint density at radius 2 is 2.04 bits per heavy atom. The molecule has 1 aliphatic heterocycles. The van der Waals surface area contributed by atoms with Crippen LogP contribution in [-0.4, -0.2) is 52.9 Å². The Morgan fingerprint density at radius 1 is 1.33 bits per heavy atom. The van der Waals surface area contributed by atoms with Crippen molar-refractivity contribution in [3.8, 4) is 5.69 Å². The Morgan fingerprint density at radius 3 is 2.70 bits per heavy atom. The lowest BCUT2D eigenvalue weighted by Crippen LogP contribution is -2.41. The molecule has 1 amide bonds. The van der Waals surface area contributed by atoms with Crippen LogP contribution in [0.5, 0.6) is 0 Å². The van der Waals surface area contributed by atoms with Crippen molar-refractivity contribution >= 4 is 18.3 Å². The molecule has 0 radical (unpaired) electrons. The predicted molar refractivity (Wildman–Crippen MR) is 104 cm³/mol. The number of carbonyl (C=O) groups excluding carboxylic acids is 1. The summed E-state index contributed by atoms with van der Waals surface area (Å²) >= 11 is 0. The smallest absolute Gasteiger partial charge is 0.257 e. The minimum atomic E-state index is -0.367. The van der Waals surface area contributed by atoms with E-state index in [0.29, 0.717) is 43.2 Å². The first kappa shape index (κ1) is 21.3. The summed E-state index contributed by atoms with van der Waals surface area (Å²) in [6.07, 6.45) is 4.20. The number of piperidine rings is 1. The summed E-state index contributed by atoms with van der Waals surface area (Å²) in [6.45, 7) is 4.38. The number of nitrogens with zero attached hydrogens (tertiary/aromatic N) is 3.